The number of hydrogen-bond donors (Lipinski definition) is 3. The maximum atomic E-state index is 11.8. The Kier molecular flexibility index (Phi) is 6.77. The highest BCUT2D eigenvalue weighted by molar-refractivity contribution is 5.74. The van der Waals surface area contributed by atoms with Crippen LogP contribution in [-0.4, -0.2) is 54.4 Å². The van der Waals surface area contributed by atoms with Crippen molar-refractivity contribution in [1.29, 1.82) is 0 Å². The Labute approximate surface area is 128 Å². The molecule has 2 unspecified atom stereocenters. The van der Waals surface area contributed by atoms with Crippen molar-refractivity contribution in [2.24, 2.45) is 5.92 Å². The van der Waals surface area contributed by atoms with Crippen LogP contribution in [0.1, 0.15) is 51.9 Å². The molecule has 2 fully saturated rings. The van der Waals surface area contributed by atoms with Crippen LogP contribution in [0.15, 0.2) is 0 Å². The van der Waals surface area contributed by atoms with Crippen molar-refractivity contribution >= 4 is 6.03 Å². The number of nitrogens with one attached hydrogen (secondary N) is 2. The van der Waals surface area contributed by atoms with Crippen LogP contribution in [0.5, 0.6) is 0 Å². The summed E-state index contributed by atoms with van der Waals surface area (Å²) in [6.07, 6.45) is 7.82. The third-order valence-corrected chi connectivity index (χ3v) is 4.72. The van der Waals surface area contributed by atoms with E-state index in [1.807, 2.05) is 6.92 Å². The van der Waals surface area contributed by atoms with Gasteiger partial charge in [-0.05, 0) is 31.6 Å². The summed E-state index contributed by atoms with van der Waals surface area (Å²) in [6.45, 7) is 5.65. The predicted molar refractivity (Wildman–Crippen MR) is 84.3 cm³/mol. The number of likely N-dealkylation sites (tertiary alicyclic amines) is 1. The summed E-state index contributed by atoms with van der Waals surface area (Å²) in [5.74, 6) is 0.877. The van der Waals surface area contributed by atoms with E-state index >= 15 is 0 Å². The lowest BCUT2D eigenvalue weighted by Crippen LogP contribution is -2.45. The lowest BCUT2D eigenvalue weighted by atomic mass is 10.1. The second kappa shape index (κ2) is 8.59. The van der Waals surface area contributed by atoms with Crippen LogP contribution in [0.2, 0.25) is 0 Å². The number of carbonyl (C=O) groups excluding carboxylic acids is 1. The SMILES string of the molecule is CCCC(O)CNC(=O)NC1CCN(CC2CCCC2)C1. The highest BCUT2D eigenvalue weighted by atomic mass is 16.3. The van der Waals surface area contributed by atoms with Crippen LogP contribution in [0.25, 0.3) is 0 Å². The first-order chi connectivity index (χ1) is 10.2. The Morgan fingerprint density at radius 3 is 2.81 bits per heavy atom. The van der Waals surface area contributed by atoms with Gasteiger partial charge in [0, 0.05) is 32.2 Å². The molecule has 122 valence electrons. The first-order valence-corrected chi connectivity index (χ1v) is 8.62. The van der Waals surface area contributed by atoms with Crippen LogP contribution < -0.4 is 10.6 Å². The molecule has 0 aromatic heterocycles. The van der Waals surface area contributed by atoms with E-state index in [1.165, 1.54) is 32.2 Å². The van der Waals surface area contributed by atoms with Gasteiger partial charge in [-0.1, -0.05) is 26.2 Å². The topological polar surface area (TPSA) is 64.6 Å². The van der Waals surface area contributed by atoms with Crippen molar-refractivity contribution in [2.75, 3.05) is 26.2 Å². The molecule has 1 aliphatic carbocycles. The molecule has 3 N–H and O–H groups in total. The van der Waals surface area contributed by atoms with Crippen molar-refractivity contribution in [3.8, 4) is 0 Å². The van der Waals surface area contributed by atoms with Gasteiger partial charge in [-0.15, -0.1) is 0 Å². The molecule has 0 radical (unpaired) electrons. The Morgan fingerprint density at radius 2 is 2.10 bits per heavy atom. The number of nitrogens with zero attached hydrogens (tertiary/aromatic N) is 1. The molecule has 0 aromatic carbocycles. The molecule has 0 aromatic rings. The van der Waals surface area contributed by atoms with E-state index in [0.717, 1.165) is 38.3 Å². The highest BCUT2D eigenvalue weighted by Gasteiger charge is 2.26. The van der Waals surface area contributed by atoms with Gasteiger partial charge in [-0.25, -0.2) is 4.79 Å². The van der Waals surface area contributed by atoms with Crippen LogP contribution in [0.3, 0.4) is 0 Å². The number of carbonyl (C=O) groups is 1. The van der Waals surface area contributed by atoms with Gasteiger partial charge in [0.25, 0.3) is 0 Å². The van der Waals surface area contributed by atoms with E-state index in [0.29, 0.717) is 6.54 Å². The lowest BCUT2D eigenvalue weighted by molar-refractivity contribution is 0.160. The normalized spacial score (nSPS) is 25.1. The fraction of sp³-hybridized carbons (Fsp3) is 0.938. The Bertz CT molecular complexity index is 319. The van der Waals surface area contributed by atoms with Crippen LogP contribution in [-0.2, 0) is 0 Å². The molecular formula is C16H31N3O2. The average Bonchev–Trinajstić information content (AvgIpc) is 3.10. The van der Waals surface area contributed by atoms with Gasteiger partial charge in [-0.2, -0.15) is 0 Å². The largest absolute Gasteiger partial charge is 0.391 e. The van der Waals surface area contributed by atoms with E-state index in [9.17, 15) is 9.90 Å². The molecule has 0 spiro atoms. The molecule has 1 saturated carbocycles. The van der Waals surface area contributed by atoms with Gasteiger partial charge in [0.05, 0.1) is 6.10 Å². The predicted octanol–water partition coefficient (Wildman–Crippen LogP) is 1.71. The second-order valence-corrected chi connectivity index (χ2v) is 6.69. The number of aliphatic hydroxyl groups is 1. The van der Waals surface area contributed by atoms with E-state index in [-0.39, 0.29) is 12.1 Å². The number of hydrogen-bond acceptors (Lipinski definition) is 3. The molecular weight excluding hydrogens is 266 g/mol. The zero-order chi connectivity index (χ0) is 15.1. The van der Waals surface area contributed by atoms with Crippen LogP contribution in [0.4, 0.5) is 4.79 Å². The highest BCUT2D eigenvalue weighted by Crippen LogP contribution is 2.26. The van der Waals surface area contributed by atoms with Gasteiger partial charge in [-0.3, -0.25) is 0 Å². The summed E-state index contributed by atoms with van der Waals surface area (Å²) in [6, 6.07) is 0.118. The lowest BCUT2D eigenvalue weighted by Gasteiger charge is -2.20. The Balaban J connectivity index is 1.59. The van der Waals surface area contributed by atoms with Gasteiger partial charge in [0.15, 0.2) is 0 Å². The number of amides is 2. The first-order valence-electron chi connectivity index (χ1n) is 8.62. The van der Waals surface area contributed by atoms with Gasteiger partial charge in [0.2, 0.25) is 0 Å². The smallest absolute Gasteiger partial charge is 0.315 e. The average molecular weight is 297 g/mol. The van der Waals surface area contributed by atoms with Crippen molar-refractivity contribution in [3.63, 3.8) is 0 Å². The number of urea groups is 1. The fourth-order valence-corrected chi connectivity index (χ4v) is 3.56. The summed E-state index contributed by atoms with van der Waals surface area (Å²) in [5.41, 5.74) is 0. The number of rotatable bonds is 7. The summed E-state index contributed by atoms with van der Waals surface area (Å²) in [5, 5.41) is 15.4. The van der Waals surface area contributed by atoms with Gasteiger partial charge < -0.3 is 20.6 Å². The molecule has 1 heterocycles. The van der Waals surface area contributed by atoms with E-state index < -0.39 is 6.10 Å². The molecule has 1 aliphatic heterocycles. The molecule has 2 atom stereocenters. The molecule has 21 heavy (non-hydrogen) atoms. The van der Waals surface area contributed by atoms with Crippen molar-refractivity contribution < 1.29 is 9.90 Å². The van der Waals surface area contributed by atoms with E-state index in [1.54, 1.807) is 0 Å². The zero-order valence-corrected chi connectivity index (χ0v) is 13.3. The minimum Gasteiger partial charge on any atom is -0.391 e. The first kappa shape index (κ1) is 16.6. The maximum absolute atomic E-state index is 11.8. The minimum absolute atomic E-state index is 0.141. The van der Waals surface area contributed by atoms with Gasteiger partial charge >= 0.3 is 6.03 Å². The Hall–Kier alpha value is -0.810. The fourth-order valence-electron chi connectivity index (χ4n) is 3.56. The summed E-state index contributed by atoms with van der Waals surface area (Å²) >= 11 is 0. The minimum atomic E-state index is -0.428. The van der Waals surface area contributed by atoms with Crippen molar-refractivity contribution in [1.82, 2.24) is 15.5 Å². The van der Waals surface area contributed by atoms with Crippen molar-refractivity contribution in [3.05, 3.63) is 0 Å². The third kappa shape index (κ3) is 5.83. The van der Waals surface area contributed by atoms with E-state index in [2.05, 4.69) is 15.5 Å². The monoisotopic (exact) mass is 297 g/mol. The van der Waals surface area contributed by atoms with Crippen LogP contribution in [0, 0.1) is 5.92 Å². The van der Waals surface area contributed by atoms with Crippen LogP contribution >= 0.6 is 0 Å². The van der Waals surface area contributed by atoms with Gasteiger partial charge in [0.1, 0.15) is 0 Å². The molecule has 2 amide bonds. The summed E-state index contributed by atoms with van der Waals surface area (Å²) < 4.78 is 0. The number of aliphatic hydroxyl groups excluding tert-OH is 1. The maximum Gasteiger partial charge on any atom is 0.315 e. The molecule has 2 rings (SSSR count). The molecule has 5 heteroatoms. The molecule has 2 aliphatic rings. The summed E-state index contributed by atoms with van der Waals surface area (Å²) in [7, 11) is 0. The van der Waals surface area contributed by atoms with E-state index in [4.69, 9.17) is 0 Å². The third-order valence-electron chi connectivity index (χ3n) is 4.72. The second-order valence-electron chi connectivity index (χ2n) is 6.69. The summed E-state index contributed by atoms with van der Waals surface area (Å²) in [4.78, 5) is 14.3. The zero-order valence-electron chi connectivity index (χ0n) is 13.3. The Morgan fingerprint density at radius 1 is 1.33 bits per heavy atom. The molecule has 1 saturated heterocycles. The van der Waals surface area contributed by atoms with Crippen molar-refractivity contribution in [2.45, 2.75) is 64.0 Å². The standard InChI is InChI=1S/C16H31N3O2/c1-2-5-15(20)10-17-16(21)18-14-8-9-19(12-14)11-13-6-3-4-7-13/h13-15,20H,2-12H2,1H3,(H2,17,18,21). The molecule has 0 bridgehead atoms. The quantitative estimate of drug-likeness (QED) is 0.670. The molecule has 5 nitrogen and oxygen atoms in total.